The third kappa shape index (κ3) is 7.92. The Kier molecular flexibility index (Phi) is 8.50. The summed E-state index contributed by atoms with van der Waals surface area (Å²) in [7, 11) is 1.60. The molecule has 0 saturated heterocycles. The molecule has 3 N–H and O–H groups in total. The summed E-state index contributed by atoms with van der Waals surface area (Å²) in [5.74, 6) is -0.337. The Morgan fingerprint density at radius 2 is 1.69 bits per heavy atom. The van der Waals surface area contributed by atoms with Crippen LogP contribution in [-0.2, 0) is 20.7 Å². The van der Waals surface area contributed by atoms with E-state index in [9.17, 15) is 14.4 Å². The molecule has 0 aliphatic carbocycles. The SMILES string of the molecule is COc1ccc(CCNC(=O)COC(=O)[C@H](C)NC(=O)Nc2ccccc2)cc1. The Morgan fingerprint density at radius 1 is 1.00 bits per heavy atom. The number of methoxy groups -OCH3 is 1. The van der Waals surface area contributed by atoms with Gasteiger partial charge in [-0.15, -0.1) is 0 Å². The molecule has 8 nitrogen and oxygen atoms in total. The van der Waals surface area contributed by atoms with Crippen molar-refractivity contribution < 1.29 is 23.9 Å². The maximum absolute atomic E-state index is 11.9. The van der Waals surface area contributed by atoms with E-state index in [4.69, 9.17) is 9.47 Å². The van der Waals surface area contributed by atoms with Gasteiger partial charge in [0, 0.05) is 12.2 Å². The van der Waals surface area contributed by atoms with Gasteiger partial charge in [0.2, 0.25) is 0 Å². The lowest BCUT2D eigenvalue weighted by molar-refractivity contribution is -0.149. The molecule has 0 radical (unpaired) electrons. The maximum Gasteiger partial charge on any atom is 0.328 e. The standard InChI is InChI=1S/C21H25N3O5/c1-15(23-21(27)24-17-6-4-3-5-7-17)20(26)29-14-19(25)22-13-12-16-8-10-18(28-2)11-9-16/h3-11,15H,12-14H2,1-2H3,(H,22,25)(H2,23,24,27)/t15-/m0/s1. The lowest BCUT2D eigenvalue weighted by Crippen LogP contribution is -2.43. The van der Waals surface area contributed by atoms with Crippen LogP contribution in [0.1, 0.15) is 12.5 Å². The van der Waals surface area contributed by atoms with E-state index >= 15 is 0 Å². The third-order valence-corrected chi connectivity index (χ3v) is 3.97. The van der Waals surface area contributed by atoms with E-state index in [0.717, 1.165) is 11.3 Å². The van der Waals surface area contributed by atoms with E-state index in [1.54, 1.807) is 31.4 Å². The topological polar surface area (TPSA) is 106 Å². The monoisotopic (exact) mass is 399 g/mol. The van der Waals surface area contributed by atoms with Crippen molar-refractivity contribution >= 4 is 23.6 Å². The minimum atomic E-state index is -0.897. The van der Waals surface area contributed by atoms with Crippen LogP contribution in [0.3, 0.4) is 0 Å². The van der Waals surface area contributed by atoms with Crippen molar-refractivity contribution in [3.8, 4) is 5.75 Å². The first-order valence-corrected chi connectivity index (χ1v) is 9.16. The van der Waals surface area contributed by atoms with Crippen LogP contribution < -0.4 is 20.7 Å². The van der Waals surface area contributed by atoms with Gasteiger partial charge in [-0.25, -0.2) is 9.59 Å². The zero-order valence-corrected chi connectivity index (χ0v) is 16.4. The minimum Gasteiger partial charge on any atom is -0.497 e. The van der Waals surface area contributed by atoms with Gasteiger partial charge in [-0.2, -0.15) is 0 Å². The highest BCUT2D eigenvalue weighted by atomic mass is 16.5. The molecule has 2 aromatic rings. The van der Waals surface area contributed by atoms with E-state index in [0.29, 0.717) is 18.7 Å². The van der Waals surface area contributed by atoms with Crippen molar-refractivity contribution in [3.05, 3.63) is 60.2 Å². The second-order valence-electron chi connectivity index (χ2n) is 6.24. The van der Waals surface area contributed by atoms with E-state index in [1.807, 2.05) is 30.3 Å². The largest absolute Gasteiger partial charge is 0.497 e. The highest BCUT2D eigenvalue weighted by Crippen LogP contribution is 2.11. The predicted octanol–water partition coefficient (Wildman–Crippen LogP) is 2.11. The van der Waals surface area contributed by atoms with Gasteiger partial charge in [0.15, 0.2) is 6.61 Å². The van der Waals surface area contributed by atoms with Crippen LogP contribution >= 0.6 is 0 Å². The fourth-order valence-corrected chi connectivity index (χ4v) is 2.40. The van der Waals surface area contributed by atoms with Gasteiger partial charge in [-0.05, 0) is 43.2 Å². The molecule has 1 atom stereocenters. The van der Waals surface area contributed by atoms with Crippen LogP contribution in [0.2, 0.25) is 0 Å². The molecule has 0 fully saturated rings. The van der Waals surface area contributed by atoms with Gasteiger partial charge >= 0.3 is 12.0 Å². The highest BCUT2D eigenvalue weighted by molar-refractivity contribution is 5.92. The summed E-state index contributed by atoms with van der Waals surface area (Å²) in [5, 5.41) is 7.74. The zero-order valence-electron chi connectivity index (χ0n) is 16.4. The maximum atomic E-state index is 11.9. The molecular formula is C21H25N3O5. The van der Waals surface area contributed by atoms with Crippen molar-refractivity contribution in [2.24, 2.45) is 0 Å². The number of esters is 1. The Balaban J connectivity index is 1.63. The Hall–Kier alpha value is -3.55. The number of nitrogens with one attached hydrogen (secondary N) is 3. The molecule has 0 spiro atoms. The molecule has 0 heterocycles. The molecule has 3 amide bonds. The molecule has 2 rings (SSSR count). The van der Waals surface area contributed by atoms with E-state index in [2.05, 4.69) is 16.0 Å². The number of benzene rings is 2. The first kappa shape index (κ1) is 21.7. The minimum absolute atomic E-state index is 0.409. The number of urea groups is 1. The van der Waals surface area contributed by atoms with Gasteiger partial charge in [0.25, 0.3) is 5.91 Å². The van der Waals surface area contributed by atoms with Gasteiger partial charge in [0.05, 0.1) is 7.11 Å². The molecule has 0 unspecified atom stereocenters. The van der Waals surface area contributed by atoms with Gasteiger partial charge < -0.3 is 25.4 Å². The normalized spacial score (nSPS) is 11.1. The van der Waals surface area contributed by atoms with Gasteiger partial charge in [-0.3, -0.25) is 4.79 Å². The fourth-order valence-electron chi connectivity index (χ4n) is 2.40. The number of amides is 3. The van der Waals surface area contributed by atoms with Crippen molar-refractivity contribution in [3.63, 3.8) is 0 Å². The lowest BCUT2D eigenvalue weighted by Gasteiger charge is -2.14. The van der Waals surface area contributed by atoms with Crippen LogP contribution in [0.4, 0.5) is 10.5 Å². The number of hydrogen-bond donors (Lipinski definition) is 3. The van der Waals surface area contributed by atoms with Crippen molar-refractivity contribution in [2.45, 2.75) is 19.4 Å². The van der Waals surface area contributed by atoms with Crippen LogP contribution in [0.25, 0.3) is 0 Å². The summed E-state index contributed by atoms with van der Waals surface area (Å²) in [4.78, 5) is 35.6. The molecule has 2 aromatic carbocycles. The smallest absolute Gasteiger partial charge is 0.328 e. The molecule has 29 heavy (non-hydrogen) atoms. The third-order valence-electron chi connectivity index (χ3n) is 3.97. The van der Waals surface area contributed by atoms with E-state index in [1.165, 1.54) is 6.92 Å². The van der Waals surface area contributed by atoms with Gasteiger partial charge in [0.1, 0.15) is 11.8 Å². The summed E-state index contributed by atoms with van der Waals surface area (Å²) in [6.45, 7) is 1.48. The number of ether oxygens (including phenoxy) is 2. The quantitative estimate of drug-likeness (QED) is 0.560. The summed E-state index contributed by atoms with van der Waals surface area (Å²) >= 11 is 0. The van der Waals surface area contributed by atoms with E-state index < -0.39 is 30.6 Å². The molecule has 0 saturated carbocycles. The van der Waals surface area contributed by atoms with E-state index in [-0.39, 0.29) is 0 Å². The van der Waals surface area contributed by atoms with Gasteiger partial charge in [-0.1, -0.05) is 30.3 Å². The summed E-state index contributed by atoms with van der Waals surface area (Å²) < 4.78 is 10.0. The Morgan fingerprint density at radius 3 is 2.34 bits per heavy atom. The fraction of sp³-hybridized carbons (Fsp3) is 0.286. The lowest BCUT2D eigenvalue weighted by atomic mass is 10.1. The molecule has 154 valence electrons. The number of hydrogen-bond acceptors (Lipinski definition) is 5. The van der Waals surface area contributed by atoms with Crippen LogP contribution in [0, 0.1) is 0 Å². The average molecular weight is 399 g/mol. The number of carbonyl (C=O) groups excluding carboxylic acids is 3. The van der Waals surface area contributed by atoms with Crippen molar-refractivity contribution in [1.29, 1.82) is 0 Å². The highest BCUT2D eigenvalue weighted by Gasteiger charge is 2.18. The summed E-state index contributed by atoms with van der Waals surface area (Å²) in [6, 6.07) is 14.9. The van der Waals surface area contributed by atoms with Crippen LogP contribution in [-0.4, -0.2) is 44.2 Å². The molecule has 0 aromatic heterocycles. The molecule has 0 aliphatic heterocycles. The molecule has 0 aliphatic rings. The first-order valence-electron chi connectivity index (χ1n) is 9.16. The summed E-state index contributed by atoms with van der Waals surface area (Å²) in [6.07, 6.45) is 0.640. The molecule has 8 heteroatoms. The second-order valence-corrected chi connectivity index (χ2v) is 6.24. The average Bonchev–Trinajstić information content (AvgIpc) is 2.73. The number of carbonyl (C=O) groups is 3. The first-order chi connectivity index (χ1) is 14.0. The molecule has 0 bridgehead atoms. The van der Waals surface area contributed by atoms with Crippen LogP contribution in [0.5, 0.6) is 5.75 Å². The summed E-state index contributed by atoms with van der Waals surface area (Å²) in [5.41, 5.74) is 1.65. The zero-order chi connectivity index (χ0) is 21.1. The van der Waals surface area contributed by atoms with Crippen molar-refractivity contribution in [1.82, 2.24) is 10.6 Å². The predicted molar refractivity (Wildman–Crippen MR) is 109 cm³/mol. The Labute approximate surface area is 169 Å². The Bertz CT molecular complexity index is 809. The second kappa shape index (κ2) is 11.3. The number of rotatable bonds is 9. The number of anilines is 1. The molecular weight excluding hydrogens is 374 g/mol. The number of para-hydroxylation sites is 1. The van der Waals surface area contributed by atoms with Crippen molar-refractivity contribution in [2.75, 3.05) is 25.6 Å². The van der Waals surface area contributed by atoms with Crippen LogP contribution in [0.15, 0.2) is 54.6 Å².